The number of aromatic nitrogens is 1. The fourth-order valence-corrected chi connectivity index (χ4v) is 2.79. The van der Waals surface area contributed by atoms with Crippen LogP contribution < -0.4 is 10.2 Å². The number of rotatable bonds is 2. The number of amides is 1. The third-order valence-corrected chi connectivity index (χ3v) is 3.78. The van der Waals surface area contributed by atoms with Crippen LogP contribution in [0.2, 0.25) is 0 Å². The van der Waals surface area contributed by atoms with Crippen LogP contribution in [-0.2, 0) is 6.42 Å². The lowest BCUT2D eigenvalue weighted by molar-refractivity contribution is 0.0977. The van der Waals surface area contributed by atoms with Crippen molar-refractivity contribution in [3.05, 3.63) is 53.5 Å². The summed E-state index contributed by atoms with van der Waals surface area (Å²) in [6.07, 6.45) is 2.22. The van der Waals surface area contributed by atoms with E-state index in [-0.39, 0.29) is 23.3 Å². The average molecular weight is 285 g/mol. The zero-order valence-corrected chi connectivity index (χ0v) is 11.9. The molecule has 1 unspecified atom stereocenters. The number of carbonyl (C=O) groups excluding carboxylic acids is 1. The number of anilines is 2. The van der Waals surface area contributed by atoms with Crippen LogP contribution in [0, 0.1) is 5.82 Å². The number of carbonyl (C=O) groups is 1. The van der Waals surface area contributed by atoms with Gasteiger partial charge in [-0.3, -0.25) is 4.79 Å². The summed E-state index contributed by atoms with van der Waals surface area (Å²) in [6, 6.07) is 9.17. The number of hydrogen-bond acceptors (Lipinski definition) is 3. The normalized spacial score (nSPS) is 16.7. The summed E-state index contributed by atoms with van der Waals surface area (Å²) in [5.74, 6) is -0.855. The molecule has 1 aromatic carbocycles. The third kappa shape index (κ3) is 2.14. The molecule has 1 aliphatic rings. The van der Waals surface area contributed by atoms with E-state index in [1.54, 1.807) is 11.9 Å². The van der Waals surface area contributed by atoms with Crippen LogP contribution in [0.1, 0.15) is 22.8 Å². The summed E-state index contributed by atoms with van der Waals surface area (Å²) >= 11 is 0. The lowest BCUT2D eigenvalue weighted by atomic mass is 10.1. The van der Waals surface area contributed by atoms with E-state index in [1.807, 2.05) is 31.2 Å². The second kappa shape index (κ2) is 5.16. The molecule has 0 fully saturated rings. The van der Waals surface area contributed by atoms with Gasteiger partial charge in [-0.1, -0.05) is 18.2 Å². The van der Waals surface area contributed by atoms with Crippen molar-refractivity contribution < 1.29 is 9.18 Å². The van der Waals surface area contributed by atoms with Crippen LogP contribution in [0.15, 0.2) is 36.5 Å². The molecule has 1 aliphatic heterocycles. The first-order chi connectivity index (χ1) is 10.1. The highest BCUT2D eigenvalue weighted by Gasteiger charge is 2.32. The Kier molecular flexibility index (Phi) is 3.33. The van der Waals surface area contributed by atoms with E-state index < -0.39 is 5.82 Å². The quantitative estimate of drug-likeness (QED) is 0.923. The van der Waals surface area contributed by atoms with Crippen molar-refractivity contribution in [2.24, 2.45) is 0 Å². The van der Waals surface area contributed by atoms with Gasteiger partial charge in [-0.2, -0.15) is 0 Å². The Balaban J connectivity index is 2.04. The van der Waals surface area contributed by atoms with Crippen molar-refractivity contribution in [1.29, 1.82) is 0 Å². The van der Waals surface area contributed by atoms with Gasteiger partial charge in [0.2, 0.25) is 0 Å². The minimum atomic E-state index is -0.610. The SMILES string of the molecule is CNc1nccc(C(=O)N2c3ccccc3CC2C)c1F. The van der Waals surface area contributed by atoms with Crippen LogP contribution >= 0.6 is 0 Å². The van der Waals surface area contributed by atoms with Crippen LogP contribution in [0.25, 0.3) is 0 Å². The van der Waals surface area contributed by atoms with Gasteiger partial charge >= 0.3 is 0 Å². The lowest BCUT2D eigenvalue weighted by Crippen LogP contribution is -2.36. The molecule has 2 heterocycles. The number of fused-ring (bicyclic) bond motifs is 1. The molecule has 1 atom stereocenters. The Morgan fingerprint density at radius 2 is 2.14 bits per heavy atom. The Morgan fingerprint density at radius 3 is 2.90 bits per heavy atom. The lowest BCUT2D eigenvalue weighted by Gasteiger charge is -2.23. The van der Waals surface area contributed by atoms with E-state index in [0.29, 0.717) is 0 Å². The fraction of sp³-hybridized carbons (Fsp3) is 0.250. The van der Waals surface area contributed by atoms with E-state index in [1.165, 1.54) is 12.3 Å². The third-order valence-electron chi connectivity index (χ3n) is 3.78. The summed E-state index contributed by atoms with van der Waals surface area (Å²) in [4.78, 5) is 18.3. The van der Waals surface area contributed by atoms with Gasteiger partial charge in [0.1, 0.15) is 0 Å². The summed E-state index contributed by atoms with van der Waals surface area (Å²) in [7, 11) is 1.58. The standard InChI is InChI=1S/C16H16FN3O/c1-10-9-11-5-3-4-6-13(11)20(10)16(21)12-7-8-19-15(18-2)14(12)17/h3-8,10H,9H2,1-2H3,(H,18,19). The molecule has 4 nitrogen and oxygen atoms in total. The van der Waals surface area contributed by atoms with E-state index in [2.05, 4.69) is 10.3 Å². The first-order valence-corrected chi connectivity index (χ1v) is 6.87. The maximum Gasteiger partial charge on any atom is 0.261 e. The van der Waals surface area contributed by atoms with E-state index >= 15 is 0 Å². The molecule has 0 radical (unpaired) electrons. The number of hydrogen-bond donors (Lipinski definition) is 1. The highest BCUT2D eigenvalue weighted by molar-refractivity contribution is 6.08. The fourth-order valence-electron chi connectivity index (χ4n) is 2.79. The molecule has 1 N–H and O–H groups in total. The topological polar surface area (TPSA) is 45.2 Å². The Bertz CT molecular complexity index is 702. The number of nitrogens with zero attached hydrogens (tertiary/aromatic N) is 2. The van der Waals surface area contributed by atoms with Crippen LogP contribution in [0.4, 0.5) is 15.9 Å². The van der Waals surface area contributed by atoms with E-state index in [0.717, 1.165) is 17.7 Å². The van der Waals surface area contributed by atoms with Gasteiger partial charge in [0.25, 0.3) is 5.91 Å². The number of nitrogens with one attached hydrogen (secondary N) is 1. The molecule has 5 heteroatoms. The van der Waals surface area contributed by atoms with Crippen molar-refractivity contribution >= 4 is 17.4 Å². The second-order valence-corrected chi connectivity index (χ2v) is 5.13. The minimum absolute atomic E-state index is 0.0144. The summed E-state index contributed by atoms with van der Waals surface area (Å²) in [6.45, 7) is 1.97. The zero-order chi connectivity index (χ0) is 15.0. The Morgan fingerprint density at radius 1 is 1.38 bits per heavy atom. The molecular weight excluding hydrogens is 269 g/mol. The van der Waals surface area contributed by atoms with Gasteiger partial charge in [0.15, 0.2) is 11.6 Å². The van der Waals surface area contributed by atoms with Crippen LogP contribution in [0.5, 0.6) is 0 Å². The van der Waals surface area contributed by atoms with Crippen molar-refractivity contribution in [2.75, 3.05) is 17.3 Å². The molecule has 0 saturated carbocycles. The monoisotopic (exact) mass is 285 g/mol. The largest absolute Gasteiger partial charge is 0.371 e. The summed E-state index contributed by atoms with van der Waals surface area (Å²) in [5, 5.41) is 2.65. The molecule has 1 amide bonds. The van der Waals surface area contributed by atoms with Gasteiger partial charge in [-0.15, -0.1) is 0 Å². The summed E-state index contributed by atoms with van der Waals surface area (Å²) < 4.78 is 14.3. The number of halogens is 1. The zero-order valence-electron chi connectivity index (χ0n) is 11.9. The first-order valence-electron chi connectivity index (χ1n) is 6.87. The summed E-state index contributed by atoms with van der Waals surface area (Å²) in [5.41, 5.74) is 2.01. The van der Waals surface area contributed by atoms with E-state index in [9.17, 15) is 9.18 Å². The van der Waals surface area contributed by atoms with Crippen molar-refractivity contribution in [1.82, 2.24) is 4.98 Å². The van der Waals surface area contributed by atoms with E-state index in [4.69, 9.17) is 0 Å². The van der Waals surface area contributed by atoms with Crippen LogP contribution in [0.3, 0.4) is 0 Å². The molecule has 21 heavy (non-hydrogen) atoms. The molecule has 0 saturated heterocycles. The molecular formula is C16H16FN3O. The second-order valence-electron chi connectivity index (χ2n) is 5.13. The molecule has 0 aliphatic carbocycles. The van der Waals surface area contributed by atoms with Crippen molar-refractivity contribution in [3.8, 4) is 0 Å². The molecule has 2 aromatic rings. The maximum atomic E-state index is 14.3. The Labute approximate surface area is 122 Å². The van der Waals surface area contributed by atoms with Gasteiger partial charge in [-0.05, 0) is 31.0 Å². The number of benzene rings is 1. The Hall–Kier alpha value is -2.43. The number of para-hydroxylation sites is 1. The van der Waals surface area contributed by atoms with Gasteiger partial charge in [-0.25, -0.2) is 9.37 Å². The molecule has 1 aromatic heterocycles. The highest BCUT2D eigenvalue weighted by Crippen LogP contribution is 2.33. The maximum absolute atomic E-state index is 14.3. The molecule has 0 spiro atoms. The predicted molar refractivity (Wildman–Crippen MR) is 80.2 cm³/mol. The smallest absolute Gasteiger partial charge is 0.261 e. The number of pyridine rings is 1. The van der Waals surface area contributed by atoms with Gasteiger partial charge in [0.05, 0.1) is 5.56 Å². The first kappa shape index (κ1) is 13.5. The molecule has 0 bridgehead atoms. The molecule has 108 valence electrons. The molecule has 3 rings (SSSR count). The van der Waals surface area contributed by atoms with Crippen LogP contribution in [-0.4, -0.2) is 24.0 Å². The highest BCUT2D eigenvalue weighted by atomic mass is 19.1. The van der Waals surface area contributed by atoms with Gasteiger partial charge in [0, 0.05) is 25.0 Å². The van der Waals surface area contributed by atoms with Gasteiger partial charge < -0.3 is 10.2 Å². The minimum Gasteiger partial charge on any atom is -0.371 e. The average Bonchev–Trinajstić information content (AvgIpc) is 2.82. The van der Waals surface area contributed by atoms with Crippen molar-refractivity contribution in [2.45, 2.75) is 19.4 Å². The van der Waals surface area contributed by atoms with Crippen molar-refractivity contribution in [3.63, 3.8) is 0 Å². The predicted octanol–water partition coefficient (Wildman–Crippen LogP) is 2.85.